The van der Waals surface area contributed by atoms with Crippen LogP contribution in [0.25, 0.3) is 0 Å². The first-order valence-corrected chi connectivity index (χ1v) is 12.5. The van der Waals surface area contributed by atoms with Gasteiger partial charge in [-0.3, -0.25) is 9.59 Å². The second kappa shape index (κ2) is 13.3. The maximum atomic E-state index is 12.3. The number of amides is 2. The Morgan fingerprint density at radius 2 is 1.60 bits per heavy atom. The molecule has 1 rings (SSSR count). The number of hydrogen-bond acceptors (Lipinski definition) is 5. The minimum Gasteiger partial charge on any atom is -0.493 e. The summed E-state index contributed by atoms with van der Waals surface area (Å²) in [6.07, 6.45) is 4.98. The highest BCUT2D eigenvalue weighted by Gasteiger charge is 2.14. The second-order valence-electron chi connectivity index (χ2n) is 7.50. The van der Waals surface area contributed by atoms with Crippen molar-refractivity contribution in [2.75, 3.05) is 39.5 Å². The SMILES string of the molecule is CCCN(CCC)C(=O)CCCC(=O)N(C)CCCOc1cccc(S(C)(=O)=O)c1. The molecule has 2 amide bonds. The number of sulfone groups is 1. The summed E-state index contributed by atoms with van der Waals surface area (Å²) in [5.74, 6) is 0.632. The Bertz CT molecular complexity index is 773. The van der Waals surface area contributed by atoms with Crippen molar-refractivity contribution in [3.8, 4) is 5.75 Å². The zero-order valence-electron chi connectivity index (χ0n) is 18.7. The number of hydrogen-bond donors (Lipinski definition) is 0. The van der Waals surface area contributed by atoms with Gasteiger partial charge in [-0.05, 0) is 43.9 Å². The van der Waals surface area contributed by atoms with Crippen molar-refractivity contribution in [3.63, 3.8) is 0 Å². The second-order valence-corrected chi connectivity index (χ2v) is 9.51. The van der Waals surface area contributed by atoms with Crippen molar-refractivity contribution >= 4 is 21.7 Å². The van der Waals surface area contributed by atoms with E-state index in [4.69, 9.17) is 4.74 Å². The highest BCUT2D eigenvalue weighted by molar-refractivity contribution is 7.90. The van der Waals surface area contributed by atoms with Crippen LogP contribution >= 0.6 is 0 Å². The summed E-state index contributed by atoms with van der Waals surface area (Å²) in [5.41, 5.74) is 0. The number of rotatable bonds is 14. The third-order valence-electron chi connectivity index (χ3n) is 4.69. The van der Waals surface area contributed by atoms with Crippen molar-refractivity contribution in [1.29, 1.82) is 0 Å². The van der Waals surface area contributed by atoms with Gasteiger partial charge in [0.1, 0.15) is 5.75 Å². The lowest BCUT2D eigenvalue weighted by atomic mass is 10.2. The molecule has 0 spiro atoms. The van der Waals surface area contributed by atoms with Crippen molar-refractivity contribution in [1.82, 2.24) is 9.80 Å². The molecule has 0 saturated heterocycles. The van der Waals surface area contributed by atoms with Gasteiger partial charge in [0, 0.05) is 45.8 Å². The Morgan fingerprint density at radius 3 is 2.20 bits per heavy atom. The van der Waals surface area contributed by atoms with Crippen LogP contribution in [0.15, 0.2) is 29.2 Å². The van der Waals surface area contributed by atoms with Crippen LogP contribution in [-0.2, 0) is 19.4 Å². The van der Waals surface area contributed by atoms with Crippen LogP contribution in [0.1, 0.15) is 52.4 Å². The normalized spacial score (nSPS) is 11.2. The molecule has 0 aliphatic carbocycles. The number of nitrogens with zero attached hydrogens (tertiary/aromatic N) is 2. The summed E-state index contributed by atoms with van der Waals surface area (Å²) in [5, 5.41) is 0. The first-order chi connectivity index (χ1) is 14.2. The van der Waals surface area contributed by atoms with Crippen molar-refractivity contribution in [3.05, 3.63) is 24.3 Å². The highest BCUT2D eigenvalue weighted by Crippen LogP contribution is 2.17. The number of carbonyl (C=O) groups excluding carboxylic acids is 2. The highest BCUT2D eigenvalue weighted by atomic mass is 32.2. The minimum atomic E-state index is -3.27. The number of benzene rings is 1. The van der Waals surface area contributed by atoms with Crippen LogP contribution in [-0.4, -0.2) is 69.6 Å². The van der Waals surface area contributed by atoms with Gasteiger partial charge in [0.2, 0.25) is 11.8 Å². The molecule has 0 N–H and O–H groups in total. The molecule has 0 saturated carbocycles. The van der Waals surface area contributed by atoms with Crippen LogP contribution in [0.2, 0.25) is 0 Å². The summed E-state index contributed by atoms with van der Waals surface area (Å²) in [6.45, 7) is 6.57. The van der Waals surface area contributed by atoms with E-state index in [0.717, 1.165) is 32.2 Å². The molecule has 0 aliphatic rings. The molecule has 170 valence electrons. The van der Waals surface area contributed by atoms with Crippen molar-refractivity contribution < 1.29 is 22.7 Å². The summed E-state index contributed by atoms with van der Waals surface area (Å²) in [6, 6.07) is 6.39. The zero-order valence-corrected chi connectivity index (χ0v) is 19.5. The fourth-order valence-corrected chi connectivity index (χ4v) is 3.71. The Labute approximate surface area is 181 Å². The summed E-state index contributed by atoms with van der Waals surface area (Å²) >= 11 is 0. The first-order valence-electron chi connectivity index (χ1n) is 10.6. The Kier molecular flexibility index (Phi) is 11.5. The maximum Gasteiger partial charge on any atom is 0.222 e. The van der Waals surface area contributed by atoms with E-state index < -0.39 is 9.84 Å². The van der Waals surface area contributed by atoms with E-state index >= 15 is 0 Å². The average molecular weight is 441 g/mol. The van der Waals surface area contributed by atoms with Crippen LogP contribution in [0, 0.1) is 0 Å². The number of carbonyl (C=O) groups is 2. The van der Waals surface area contributed by atoms with Gasteiger partial charge in [0.25, 0.3) is 0 Å². The largest absolute Gasteiger partial charge is 0.493 e. The van der Waals surface area contributed by atoms with Crippen LogP contribution in [0.5, 0.6) is 5.75 Å². The molecule has 0 aliphatic heterocycles. The fourth-order valence-electron chi connectivity index (χ4n) is 3.05. The molecule has 1 aromatic carbocycles. The molecule has 0 aromatic heterocycles. The molecule has 30 heavy (non-hydrogen) atoms. The molecule has 0 fully saturated rings. The van der Waals surface area contributed by atoms with E-state index in [1.807, 2.05) is 4.90 Å². The van der Waals surface area contributed by atoms with E-state index in [9.17, 15) is 18.0 Å². The topological polar surface area (TPSA) is 84.0 Å². The van der Waals surface area contributed by atoms with E-state index in [1.54, 1.807) is 24.1 Å². The Balaban J connectivity index is 2.31. The summed E-state index contributed by atoms with van der Waals surface area (Å²) < 4.78 is 28.8. The van der Waals surface area contributed by atoms with Gasteiger partial charge in [-0.1, -0.05) is 19.9 Å². The minimum absolute atomic E-state index is 0.0133. The van der Waals surface area contributed by atoms with Crippen molar-refractivity contribution in [2.24, 2.45) is 0 Å². The van der Waals surface area contributed by atoms with E-state index in [1.165, 1.54) is 12.1 Å². The summed E-state index contributed by atoms with van der Waals surface area (Å²) in [7, 11) is -1.52. The van der Waals surface area contributed by atoms with Crippen LogP contribution in [0.4, 0.5) is 0 Å². The quantitative estimate of drug-likeness (QED) is 0.415. The van der Waals surface area contributed by atoms with Gasteiger partial charge < -0.3 is 14.5 Å². The predicted molar refractivity (Wildman–Crippen MR) is 118 cm³/mol. The molecule has 0 atom stereocenters. The van der Waals surface area contributed by atoms with Crippen molar-refractivity contribution in [2.45, 2.75) is 57.3 Å². The van der Waals surface area contributed by atoms with Gasteiger partial charge in [-0.2, -0.15) is 0 Å². The summed E-state index contributed by atoms with van der Waals surface area (Å²) in [4.78, 5) is 28.3. The lowest BCUT2D eigenvalue weighted by Crippen LogP contribution is -2.33. The molecule has 0 radical (unpaired) electrons. The smallest absolute Gasteiger partial charge is 0.222 e. The molecule has 0 heterocycles. The lowest BCUT2D eigenvalue weighted by Gasteiger charge is -2.22. The van der Waals surface area contributed by atoms with Crippen LogP contribution < -0.4 is 4.74 Å². The molecule has 8 heteroatoms. The molecular weight excluding hydrogens is 404 g/mol. The monoisotopic (exact) mass is 440 g/mol. The van der Waals surface area contributed by atoms with E-state index in [-0.39, 0.29) is 16.7 Å². The first kappa shape index (κ1) is 25.9. The zero-order chi connectivity index (χ0) is 22.6. The molecule has 1 aromatic rings. The van der Waals surface area contributed by atoms with Gasteiger partial charge >= 0.3 is 0 Å². The van der Waals surface area contributed by atoms with E-state index in [2.05, 4.69) is 13.8 Å². The van der Waals surface area contributed by atoms with Gasteiger partial charge in [0.05, 0.1) is 11.5 Å². The third kappa shape index (κ3) is 9.61. The van der Waals surface area contributed by atoms with Gasteiger partial charge in [-0.25, -0.2) is 8.42 Å². The van der Waals surface area contributed by atoms with E-state index in [0.29, 0.717) is 44.6 Å². The van der Waals surface area contributed by atoms with Gasteiger partial charge in [-0.15, -0.1) is 0 Å². The van der Waals surface area contributed by atoms with Gasteiger partial charge in [0.15, 0.2) is 9.84 Å². The fraction of sp³-hybridized carbons (Fsp3) is 0.636. The maximum absolute atomic E-state index is 12.3. The Morgan fingerprint density at radius 1 is 0.967 bits per heavy atom. The molecular formula is C22H36N2O5S. The Hall–Kier alpha value is -2.09. The lowest BCUT2D eigenvalue weighted by molar-refractivity contribution is -0.132. The number of ether oxygens (including phenoxy) is 1. The molecule has 0 unspecified atom stereocenters. The average Bonchev–Trinajstić information content (AvgIpc) is 2.70. The standard InChI is InChI=1S/C22H36N2O5S/c1-5-14-24(15-6-2)22(26)13-8-12-21(25)23(3)16-9-17-29-19-10-7-11-20(18-19)30(4,27)28/h7,10-11,18H,5-6,8-9,12-17H2,1-4H3. The van der Waals surface area contributed by atoms with Crippen LogP contribution in [0.3, 0.4) is 0 Å². The predicted octanol–water partition coefficient (Wildman–Crippen LogP) is 3.14. The molecule has 7 nitrogen and oxygen atoms in total. The third-order valence-corrected chi connectivity index (χ3v) is 5.80. The molecule has 0 bridgehead atoms.